The Kier molecular flexibility index (Phi) is 4.26. The van der Waals surface area contributed by atoms with Crippen LogP contribution in [0.1, 0.15) is 30.0 Å². The minimum absolute atomic E-state index is 0.209. The summed E-state index contributed by atoms with van der Waals surface area (Å²) in [5.74, 6) is -0.650. The van der Waals surface area contributed by atoms with Gasteiger partial charge in [-0.2, -0.15) is 0 Å². The molecule has 2 amide bonds. The third-order valence-electron chi connectivity index (χ3n) is 3.09. The lowest BCUT2D eigenvalue weighted by atomic mass is 10.1. The Bertz CT molecular complexity index is 668. The SMILES string of the molecule is Cc1cc(C(C)NC(=O)Nc2cccc(F)c2F)c(C)o1. The first-order chi connectivity index (χ1) is 9.88. The number of benzene rings is 1. The Hall–Kier alpha value is -2.37. The van der Waals surface area contributed by atoms with E-state index in [1.165, 1.54) is 12.1 Å². The van der Waals surface area contributed by atoms with Gasteiger partial charge in [-0.3, -0.25) is 0 Å². The quantitative estimate of drug-likeness (QED) is 0.897. The second-order valence-electron chi connectivity index (χ2n) is 4.79. The van der Waals surface area contributed by atoms with Gasteiger partial charge in [0.1, 0.15) is 11.5 Å². The third-order valence-corrected chi connectivity index (χ3v) is 3.09. The van der Waals surface area contributed by atoms with Crippen LogP contribution < -0.4 is 10.6 Å². The van der Waals surface area contributed by atoms with Gasteiger partial charge in [0.2, 0.25) is 0 Å². The summed E-state index contributed by atoms with van der Waals surface area (Å²) >= 11 is 0. The van der Waals surface area contributed by atoms with Gasteiger partial charge in [-0.25, -0.2) is 13.6 Å². The largest absolute Gasteiger partial charge is 0.466 e. The maximum Gasteiger partial charge on any atom is 0.319 e. The monoisotopic (exact) mass is 294 g/mol. The lowest BCUT2D eigenvalue weighted by Crippen LogP contribution is -2.31. The van der Waals surface area contributed by atoms with Gasteiger partial charge in [-0.15, -0.1) is 0 Å². The maximum absolute atomic E-state index is 13.5. The molecule has 0 saturated carbocycles. The second-order valence-corrected chi connectivity index (χ2v) is 4.79. The first kappa shape index (κ1) is 15.0. The molecule has 1 unspecified atom stereocenters. The molecule has 0 bridgehead atoms. The average molecular weight is 294 g/mol. The molecule has 0 aliphatic rings. The molecule has 21 heavy (non-hydrogen) atoms. The molecule has 2 rings (SSSR count). The number of halogens is 2. The van der Waals surface area contributed by atoms with E-state index in [9.17, 15) is 13.6 Å². The van der Waals surface area contributed by atoms with Crippen LogP contribution in [0.5, 0.6) is 0 Å². The summed E-state index contributed by atoms with van der Waals surface area (Å²) in [4.78, 5) is 11.8. The smallest absolute Gasteiger partial charge is 0.319 e. The van der Waals surface area contributed by atoms with Crippen LogP contribution in [-0.4, -0.2) is 6.03 Å². The van der Waals surface area contributed by atoms with Gasteiger partial charge >= 0.3 is 6.03 Å². The van der Waals surface area contributed by atoms with Crippen molar-refractivity contribution >= 4 is 11.7 Å². The Morgan fingerprint density at radius 1 is 1.29 bits per heavy atom. The molecule has 1 aromatic carbocycles. The van der Waals surface area contributed by atoms with E-state index in [-0.39, 0.29) is 11.7 Å². The fourth-order valence-corrected chi connectivity index (χ4v) is 2.11. The minimum Gasteiger partial charge on any atom is -0.466 e. The van der Waals surface area contributed by atoms with Crippen molar-refractivity contribution in [2.75, 3.05) is 5.32 Å². The highest BCUT2D eigenvalue weighted by molar-refractivity contribution is 5.89. The molecule has 0 radical (unpaired) electrons. The zero-order valence-electron chi connectivity index (χ0n) is 12.0. The van der Waals surface area contributed by atoms with Crippen molar-refractivity contribution in [3.05, 3.63) is 53.0 Å². The van der Waals surface area contributed by atoms with E-state index >= 15 is 0 Å². The molecule has 4 nitrogen and oxygen atoms in total. The van der Waals surface area contributed by atoms with Crippen LogP contribution in [0, 0.1) is 25.5 Å². The van der Waals surface area contributed by atoms with Crippen LogP contribution in [0.3, 0.4) is 0 Å². The predicted molar refractivity (Wildman–Crippen MR) is 75.1 cm³/mol. The summed E-state index contributed by atoms with van der Waals surface area (Å²) in [6, 6.07) is 4.47. The van der Waals surface area contributed by atoms with Gasteiger partial charge < -0.3 is 15.1 Å². The summed E-state index contributed by atoms with van der Waals surface area (Å²) in [5, 5.41) is 4.93. The van der Waals surface area contributed by atoms with Crippen molar-refractivity contribution in [1.29, 1.82) is 0 Å². The lowest BCUT2D eigenvalue weighted by Gasteiger charge is -2.14. The van der Waals surface area contributed by atoms with E-state index in [2.05, 4.69) is 10.6 Å². The number of nitrogens with one attached hydrogen (secondary N) is 2. The molecule has 1 atom stereocenters. The third kappa shape index (κ3) is 3.39. The van der Waals surface area contributed by atoms with Gasteiger partial charge in [-0.05, 0) is 39.0 Å². The number of aryl methyl sites for hydroxylation is 2. The minimum atomic E-state index is -1.09. The Morgan fingerprint density at radius 3 is 2.62 bits per heavy atom. The summed E-state index contributed by atoms with van der Waals surface area (Å²) in [5.41, 5.74) is 0.627. The summed E-state index contributed by atoms with van der Waals surface area (Å²) in [6.07, 6.45) is 0. The van der Waals surface area contributed by atoms with Crippen molar-refractivity contribution in [3.63, 3.8) is 0 Å². The topological polar surface area (TPSA) is 54.3 Å². The number of urea groups is 1. The number of amides is 2. The highest BCUT2D eigenvalue weighted by Gasteiger charge is 2.16. The van der Waals surface area contributed by atoms with Crippen molar-refractivity contribution in [2.24, 2.45) is 0 Å². The normalized spacial score (nSPS) is 12.0. The van der Waals surface area contributed by atoms with Gasteiger partial charge in [0.25, 0.3) is 0 Å². The summed E-state index contributed by atoms with van der Waals surface area (Å²) in [7, 11) is 0. The first-order valence-corrected chi connectivity index (χ1v) is 6.47. The molecule has 0 spiro atoms. The molecule has 0 aliphatic heterocycles. The summed E-state index contributed by atoms with van der Waals surface area (Å²) < 4.78 is 31.9. The molecule has 6 heteroatoms. The van der Waals surface area contributed by atoms with Crippen LogP contribution in [0.4, 0.5) is 19.3 Å². The molecule has 1 heterocycles. The standard InChI is InChI=1S/C15H16F2N2O2/c1-8-7-11(10(3)21-8)9(2)18-15(20)19-13-6-4-5-12(16)14(13)17/h4-7,9H,1-3H3,(H2,18,19,20). The lowest BCUT2D eigenvalue weighted by molar-refractivity contribution is 0.249. The van der Waals surface area contributed by atoms with E-state index in [4.69, 9.17) is 4.42 Å². The molecule has 0 aliphatic carbocycles. The van der Waals surface area contributed by atoms with E-state index in [1.807, 2.05) is 13.0 Å². The van der Waals surface area contributed by atoms with Crippen LogP contribution in [0.25, 0.3) is 0 Å². The molecular formula is C15H16F2N2O2. The highest BCUT2D eigenvalue weighted by atomic mass is 19.2. The number of hydrogen-bond donors (Lipinski definition) is 2. The zero-order chi connectivity index (χ0) is 15.6. The van der Waals surface area contributed by atoms with Crippen molar-refractivity contribution < 1.29 is 18.0 Å². The average Bonchev–Trinajstić information content (AvgIpc) is 2.74. The van der Waals surface area contributed by atoms with Crippen LogP contribution >= 0.6 is 0 Å². The van der Waals surface area contributed by atoms with Crippen LogP contribution in [0.2, 0.25) is 0 Å². The number of carbonyl (C=O) groups is 1. The Morgan fingerprint density at radius 2 is 2.00 bits per heavy atom. The fraction of sp³-hybridized carbons (Fsp3) is 0.267. The number of rotatable bonds is 3. The number of carbonyl (C=O) groups excluding carboxylic acids is 1. The van der Waals surface area contributed by atoms with E-state index in [0.29, 0.717) is 5.76 Å². The molecule has 0 saturated heterocycles. The second kappa shape index (κ2) is 5.95. The predicted octanol–water partition coefficient (Wildman–Crippen LogP) is 4.06. The van der Waals surface area contributed by atoms with E-state index < -0.39 is 17.7 Å². The van der Waals surface area contributed by atoms with Crippen LogP contribution in [-0.2, 0) is 0 Å². The number of furan rings is 1. The Labute approximate surface area is 121 Å². The van der Waals surface area contributed by atoms with Crippen molar-refractivity contribution in [3.8, 4) is 0 Å². The number of anilines is 1. The molecule has 112 valence electrons. The molecule has 2 aromatic rings. The van der Waals surface area contributed by atoms with Crippen molar-refractivity contribution in [1.82, 2.24) is 5.32 Å². The highest BCUT2D eigenvalue weighted by Crippen LogP contribution is 2.21. The van der Waals surface area contributed by atoms with Gasteiger partial charge in [0.05, 0.1) is 11.7 Å². The van der Waals surface area contributed by atoms with E-state index in [0.717, 1.165) is 17.4 Å². The maximum atomic E-state index is 13.5. The van der Waals surface area contributed by atoms with Gasteiger partial charge in [0, 0.05) is 5.56 Å². The molecule has 2 N–H and O–H groups in total. The van der Waals surface area contributed by atoms with Crippen LogP contribution in [0.15, 0.2) is 28.7 Å². The Balaban J connectivity index is 2.05. The first-order valence-electron chi connectivity index (χ1n) is 6.47. The van der Waals surface area contributed by atoms with Gasteiger partial charge in [0.15, 0.2) is 11.6 Å². The molecule has 0 fully saturated rings. The molecular weight excluding hydrogens is 278 g/mol. The molecule has 1 aromatic heterocycles. The van der Waals surface area contributed by atoms with Crippen molar-refractivity contribution in [2.45, 2.75) is 26.8 Å². The van der Waals surface area contributed by atoms with Gasteiger partial charge in [-0.1, -0.05) is 6.07 Å². The summed E-state index contributed by atoms with van der Waals surface area (Å²) in [6.45, 7) is 5.38. The van der Waals surface area contributed by atoms with E-state index in [1.54, 1.807) is 13.8 Å². The number of hydrogen-bond acceptors (Lipinski definition) is 2. The fourth-order valence-electron chi connectivity index (χ4n) is 2.11. The zero-order valence-corrected chi connectivity index (χ0v) is 12.0.